The lowest BCUT2D eigenvalue weighted by Gasteiger charge is -2.02. The Morgan fingerprint density at radius 2 is 2.24 bits per heavy atom. The lowest BCUT2D eigenvalue weighted by atomic mass is 10.2. The lowest BCUT2D eigenvalue weighted by molar-refractivity contribution is -0.387. The molecule has 1 amide bonds. The number of nitrogens with zero attached hydrogens (tertiary/aromatic N) is 3. The Labute approximate surface area is 122 Å². The number of carbonyl (C=O) groups is 1. The van der Waals surface area contributed by atoms with Crippen LogP contribution in [0, 0.1) is 15.9 Å². The van der Waals surface area contributed by atoms with Crippen LogP contribution in [0.4, 0.5) is 20.9 Å². The molecule has 8 nitrogen and oxygen atoms in total. The molecule has 1 aromatic carbocycles. The minimum atomic E-state index is -1.02. The average molecular weight is 311 g/mol. The Hall–Kier alpha value is -2.62. The zero-order valence-electron chi connectivity index (χ0n) is 10.8. The standard InChI is InChI=1S/C11H10FN5O3S/c1-2-13-11-16-15-10(21-11)9(18)14-6-3-4-8(17(19)20)7(12)5-6/h3-5H,2H2,1H3,(H,13,16)(H,14,18). The first-order valence-corrected chi connectivity index (χ1v) is 6.65. The fourth-order valence-corrected chi connectivity index (χ4v) is 2.16. The topological polar surface area (TPSA) is 110 Å². The van der Waals surface area contributed by atoms with Crippen molar-refractivity contribution in [1.29, 1.82) is 0 Å². The van der Waals surface area contributed by atoms with Crippen molar-refractivity contribution in [3.8, 4) is 0 Å². The van der Waals surface area contributed by atoms with Gasteiger partial charge in [0.2, 0.25) is 16.0 Å². The first kappa shape index (κ1) is 14.8. The van der Waals surface area contributed by atoms with Crippen molar-refractivity contribution in [2.45, 2.75) is 6.92 Å². The van der Waals surface area contributed by atoms with Gasteiger partial charge < -0.3 is 10.6 Å². The van der Waals surface area contributed by atoms with E-state index in [2.05, 4.69) is 20.8 Å². The van der Waals surface area contributed by atoms with Crippen molar-refractivity contribution in [1.82, 2.24) is 10.2 Å². The van der Waals surface area contributed by atoms with Gasteiger partial charge >= 0.3 is 5.69 Å². The summed E-state index contributed by atoms with van der Waals surface area (Å²) in [5.41, 5.74) is -0.554. The summed E-state index contributed by atoms with van der Waals surface area (Å²) in [5.74, 6) is -1.59. The number of aromatic nitrogens is 2. The number of hydrogen-bond acceptors (Lipinski definition) is 7. The van der Waals surface area contributed by atoms with Crippen molar-refractivity contribution in [3.05, 3.63) is 39.1 Å². The van der Waals surface area contributed by atoms with Crippen molar-refractivity contribution >= 4 is 33.8 Å². The number of hydrogen-bond donors (Lipinski definition) is 2. The first-order chi connectivity index (χ1) is 10.0. The van der Waals surface area contributed by atoms with E-state index in [0.717, 1.165) is 23.5 Å². The minimum Gasteiger partial charge on any atom is -0.360 e. The molecule has 2 N–H and O–H groups in total. The molecule has 2 rings (SSSR count). The third kappa shape index (κ3) is 3.48. The molecule has 1 heterocycles. The van der Waals surface area contributed by atoms with Crippen molar-refractivity contribution in [3.63, 3.8) is 0 Å². The Kier molecular flexibility index (Phi) is 4.38. The summed E-state index contributed by atoms with van der Waals surface area (Å²) in [6.07, 6.45) is 0. The molecule has 21 heavy (non-hydrogen) atoms. The zero-order valence-corrected chi connectivity index (χ0v) is 11.6. The molecule has 0 unspecified atom stereocenters. The second-order valence-corrected chi connectivity index (χ2v) is 4.80. The number of amides is 1. The summed E-state index contributed by atoms with van der Waals surface area (Å²) in [6, 6.07) is 3.10. The van der Waals surface area contributed by atoms with Crippen LogP contribution in [0.2, 0.25) is 0 Å². The summed E-state index contributed by atoms with van der Waals surface area (Å²) in [5, 5.41) is 23.8. The largest absolute Gasteiger partial charge is 0.360 e. The highest BCUT2D eigenvalue weighted by molar-refractivity contribution is 7.17. The Morgan fingerprint density at radius 1 is 1.48 bits per heavy atom. The summed E-state index contributed by atoms with van der Waals surface area (Å²) in [7, 11) is 0. The van der Waals surface area contributed by atoms with Crippen LogP contribution in [0.1, 0.15) is 16.7 Å². The molecular formula is C11H10FN5O3S. The van der Waals surface area contributed by atoms with Crippen molar-refractivity contribution in [2.75, 3.05) is 17.2 Å². The quantitative estimate of drug-likeness (QED) is 0.647. The second kappa shape index (κ2) is 6.22. The van der Waals surface area contributed by atoms with Crippen LogP contribution in [0.25, 0.3) is 0 Å². The predicted molar refractivity (Wildman–Crippen MR) is 75.1 cm³/mol. The molecule has 2 aromatic rings. The van der Waals surface area contributed by atoms with Crippen LogP contribution in [0.5, 0.6) is 0 Å². The normalized spacial score (nSPS) is 10.2. The van der Waals surface area contributed by atoms with Gasteiger partial charge in [-0.15, -0.1) is 10.2 Å². The smallest absolute Gasteiger partial charge is 0.304 e. The monoisotopic (exact) mass is 311 g/mol. The predicted octanol–water partition coefficient (Wildman–Crippen LogP) is 2.27. The fourth-order valence-electron chi connectivity index (χ4n) is 1.45. The lowest BCUT2D eigenvalue weighted by Crippen LogP contribution is -2.11. The van der Waals surface area contributed by atoms with Crippen LogP contribution in [0.15, 0.2) is 18.2 Å². The number of nitrogens with one attached hydrogen (secondary N) is 2. The first-order valence-electron chi connectivity index (χ1n) is 5.84. The average Bonchev–Trinajstić information content (AvgIpc) is 2.87. The summed E-state index contributed by atoms with van der Waals surface area (Å²) in [6.45, 7) is 2.52. The van der Waals surface area contributed by atoms with E-state index in [1.165, 1.54) is 6.07 Å². The van der Waals surface area contributed by atoms with E-state index in [4.69, 9.17) is 0 Å². The molecule has 110 valence electrons. The van der Waals surface area contributed by atoms with Crippen LogP contribution >= 0.6 is 11.3 Å². The highest BCUT2D eigenvalue weighted by Gasteiger charge is 2.17. The van der Waals surface area contributed by atoms with E-state index < -0.39 is 22.3 Å². The Morgan fingerprint density at radius 3 is 2.86 bits per heavy atom. The van der Waals surface area contributed by atoms with Gasteiger partial charge in [0, 0.05) is 24.4 Å². The zero-order chi connectivity index (χ0) is 15.4. The molecular weight excluding hydrogens is 301 g/mol. The van der Waals surface area contributed by atoms with Crippen LogP contribution in [-0.4, -0.2) is 27.6 Å². The van der Waals surface area contributed by atoms with E-state index in [1.54, 1.807) is 0 Å². The van der Waals surface area contributed by atoms with E-state index in [9.17, 15) is 19.3 Å². The summed E-state index contributed by atoms with van der Waals surface area (Å²) in [4.78, 5) is 21.5. The third-order valence-corrected chi connectivity index (χ3v) is 3.23. The number of nitro benzene ring substituents is 1. The molecule has 0 atom stereocenters. The number of anilines is 2. The third-order valence-electron chi connectivity index (χ3n) is 2.35. The molecule has 0 aliphatic heterocycles. The number of halogens is 1. The van der Waals surface area contributed by atoms with Gasteiger partial charge in [0.15, 0.2) is 0 Å². The maximum atomic E-state index is 13.4. The highest BCUT2D eigenvalue weighted by Crippen LogP contribution is 2.22. The van der Waals surface area contributed by atoms with Gasteiger partial charge in [-0.05, 0) is 13.0 Å². The minimum absolute atomic E-state index is 0.100. The van der Waals surface area contributed by atoms with Gasteiger partial charge in [-0.3, -0.25) is 14.9 Å². The number of nitro groups is 1. The van der Waals surface area contributed by atoms with Gasteiger partial charge in [0.25, 0.3) is 5.91 Å². The number of rotatable bonds is 5. The Bertz CT molecular complexity index is 690. The van der Waals surface area contributed by atoms with E-state index >= 15 is 0 Å². The van der Waals surface area contributed by atoms with Crippen LogP contribution < -0.4 is 10.6 Å². The molecule has 0 aliphatic carbocycles. The van der Waals surface area contributed by atoms with E-state index in [1.807, 2.05) is 6.92 Å². The highest BCUT2D eigenvalue weighted by atomic mass is 32.1. The van der Waals surface area contributed by atoms with Gasteiger partial charge in [-0.1, -0.05) is 11.3 Å². The second-order valence-electron chi connectivity index (χ2n) is 3.82. The summed E-state index contributed by atoms with van der Waals surface area (Å²) >= 11 is 1.05. The van der Waals surface area contributed by atoms with Crippen molar-refractivity contribution < 1.29 is 14.1 Å². The van der Waals surface area contributed by atoms with Gasteiger partial charge in [0.05, 0.1) is 4.92 Å². The van der Waals surface area contributed by atoms with Gasteiger partial charge in [-0.2, -0.15) is 4.39 Å². The van der Waals surface area contributed by atoms with Crippen LogP contribution in [0.3, 0.4) is 0 Å². The molecule has 10 heteroatoms. The number of carbonyl (C=O) groups excluding carboxylic acids is 1. The fraction of sp³-hybridized carbons (Fsp3) is 0.182. The molecule has 0 spiro atoms. The molecule has 1 aromatic heterocycles. The molecule has 0 fully saturated rings. The summed E-state index contributed by atoms with van der Waals surface area (Å²) < 4.78 is 13.4. The molecule has 0 saturated carbocycles. The Balaban J connectivity index is 2.11. The number of benzene rings is 1. The van der Waals surface area contributed by atoms with Crippen molar-refractivity contribution in [2.24, 2.45) is 0 Å². The molecule has 0 bridgehead atoms. The van der Waals surface area contributed by atoms with Gasteiger partial charge in [-0.25, -0.2) is 0 Å². The molecule has 0 aliphatic rings. The van der Waals surface area contributed by atoms with Crippen LogP contribution in [-0.2, 0) is 0 Å². The van der Waals surface area contributed by atoms with E-state index in [0.29, 0.717) is 11.7 Å². The maximum Gasteiger partial charge on any atom is 0.304 e. The van der Waals surface area contributed by atoms with E-state index in [-0.39, 0.29) is 10.7 Å². The molecule has 0 radical (unpaired) electrons. The maximum absolute atomic E-state index is 13.4. The van der Waals surface area contributed by atoms with Gasteiger partial charge in [0.1, 0.15) is 0 Å². The molecule has 0 saturated heterocycles. The SMILES string of the molecule is CCNc1nnc(C(=O)Nc2ccc([N+](=O)[O-])c(F)c2)s1.